The van der Waals surface area contributed by atoms with E-state index in [1.54, 1.807) is 18.2 Å². The van der Waals surface area contributed by atoms with Crippen molar-refractivity contribution in [2.45, 2.75) is 32.1 Å². The van der Waals surface area contributed by atoms with Crippen LogP contribution in [-0.4, -0.2) is 68.5 Å². The van der Waals surface area contributed by atoms with E-state index in [4.69, 9.17) is 4.74 Å². The summed E-state index contributed by atoms with van der Waals surface area (Å²) in [5.41, 5.74) is 0.473. The molecule has 1 heterocycles. The first kappa shape index (κ1) is 20.2. The second kappa shape index (κ2) is 10.8. The zero-order valence-electron chi connectivity index (χ0n) is 16.0. The summed E-state index contributed by atoms with van der Waals surface area (Å²) in [5, 5.41) is 2.91. The van der Waals surface area contributed by atoms with Crippen molar-refractivity contribution >= 4 is 11.8 Å². The highest BCUT2D eigenvalue weighted by atomic mass is 16.5. The molecule has 0 unspecified atom stereocenters. The van der Waals surface area contributed by atoms with Crippen LogP contribution in [0.25, 0.3) is 0 Å². The summed E-state index contributed by atoms with van der Waals surface area (Å²) in [7, 11) is 4.01. The molecule has 0 bridgehead atoms. The topological polar surface area (TPSA) is 61.9 Å². The Morgan fingerprint density at radius 2 is 1.81 bits per heavy atom. The first-order valence-electron chi connectivity index (χ1n) is 9.50. The van der Waals surface area contributed by atoms with E-state index < -0.39 is 0 Å². The molecule has 1 aromatic carbocycles. The van der Waals surface area contributed by atoms with Crippen LogP contribution in [0, 0.1) is 0 Å². The highest BCUT2D eigenvalue weighted by Crippen LogP contribution is 2.18. The summed E-state index contributed by atoms with van der Waals surface area (Å²) in [6.07, 6.45) is 5.35. The predicted molar refractivity (Wildman–Crippen MR) is 102 cm³/mol. The van der Waals surface area contributed by atoms with Gasteiger partial charge >= 0.3 is 0 Å². The molecule has 26 heavy (non-hydrogen) atoms. The van der Waals surface area contributed by atoms with Crippen LogP contribution in [0.1, 0.15) is 42.5 Å². The first-order valence-corrected chi connectivity index (χ1v) is 9.50. The average molecular weight is 361 g/mol. The summed E-state index contributed by atoms with van der Waals surface area (Å²) >= 11 is 0. The minimum Gasteiger partial charge on any atom is -0.483 e. The molecule has 0 radical (unpaired) electrons. The molecule has 6 heteroatoms. The lowest BCUT2D eigenvalue weighted by atomic mass is 10.2. The number of nitrogens with zero attached hydrogens (tertiary/aromatic N) is 2. The van der Waals surface area contributed by atoms with Gasteiger partial charge in [-0.15, -0.1) is 0 Å². The van der Waals surface area contributed by atoms with Crippen molar-refractivity contribution in [2.75, 3.05) is 46.9 Å². The van der Waals surface area contributed by atoms with Crippen LogP contribution in [0.5, 0.6) is 5.75 Å². The molecule has 0 atom stereocenters. The third-order valence-corrected chi connectivity index (χ3v) is 4.51. The lowest BCUT2D eigenvalue weighted by Gasteiger charge is -2.20. The quantitative estimate of drug-likeness (QED) is 0.721. The lowest BCUT2D eigenvalue weighted by Crippen LogP contribution is -2.35. The van der Waals surface area contributed by atoms with Crippen LogP contribution in [0.15, 0.2) is 24.3 Å². The molecule has 1 saturated heterocycles. The maximum Gasteiger partial charge on any atom is 0.260 e. The Morgan fingerprint density at radius 3 is 2.50 bits per heavy atom. The van der Waals surface area contributed by atoms with Gasteiger partial charge in [-0.05, 0) is 52.0 Å². The Kier molecular flexibility index (Phi) is 8.41. The number of carbonyl (C=O) groups is 2. The average Bonchev–Trinajstić information content (AvgIpc) is 2.92. The number of benzene rings is 1. The van der Waals surface area contributed by atoms with Crippen molar-refractivity contribution in [1.82, 2.24) is 15.1 Å². The second-order valence-electron chi connectivity index (χ2n) is 6.99. The zero-order valence-corrected chi connectivity index (χ0v) is 16.0. The number of carbonyl (C=O) groups excluding carboxylic acids is 2. The second-order valence-corrected chi connectivity index (χ2v) is 6.99. The van der Waals surface area contributed by atoms with Gasteiger partial charge in [0.1, 0.15) is 5.75 Å². The Labute approximate surface area is 156 Å². The largest absolute Gasteiger partial charge is 0.483 e. The molecular weight excluding hydrogens is 330 g/mol. The van der Waals surface area contributed by atoms with Crippen molar-refractivity contribution < 1.29 is 14.3 Å². The summed E-state index contributed by atoms with van der Waals surface area (Å²) in [5.74, 6) is 0.287. The minimum absolute atomic E-state index is 0.00639. The molecule has 1 fully saturated rings. The van der Waals surface area contributed by atoms with Gasteiger partial charge in [0.05, 0.1) is 5.56 Å². The Balaban J connectivity index is 1.87. The fourth-order valence-corrected chi connectivity index (χ4v) is 3.02. The Hall–Kier alpha value is -2.08. The summed E-state index contributed by atoms with van der Waals surface area (Å²) in [6.45, 7) is 3.11. The molecule has 0 saturated carbocycles. The normalized spacial score (nSPS) is 14.8. The standard InChI is InChI=1S/C20H31N3O3/c1-22(2)13-9-12-21-20(25)17-10-5-6-11-18(17)26-16-19(24)23-14-7-3-4-8-15-23/h5-6,10-11H,3-4,7-9,12-16H2,1-2H3,(H,21,25). The van der Waals surface area contributed by atoms with Crippen molar-refractivity contribution in [3.8, 4) is 5.75 Å². The molecule has 6 nitrogen and oxygen atoms in total. The Morgan fingerprint density at radius 1 is 1.12 bits per heavy atom. The van der Waals surface area contributed by atoms with E-state index in [0.29, 0.717) is 17.9 Å². The number of nitrogens with one attached hydrogen (secondary N) is 1. The molecule has 0 spiro atoms. The fourth-order valence-electron chi connectivity index (χ4n) is 3.02. The Bertz CT molecular complexity index is 581. The third kappa shape index (κ3) is 6.67. The van der Waals surface area contributed by atoms with Crippen molar-refractivity contribution in [3.05, 3.63) is 29.8 Å². The van der Waals surface area contributed by atoms with Gasteiger partial charge in [-0.25, -0.2) is 0 Å². The number of likely N-dealkylation sites (tertiary alicyclic amines) is 1. The highest BCUT2D eigenvalue weighted by Gasteiger charge is 2.18. The van der Waals surface area contributed by atoms with Gasteiger partial charge in [-0.3, -0.25) is 9.59 Å². The van der Waals surface area contributed by atoms with E-state index in [-0.39, 0.29) is 18.4 Å². The van der Waals surface area contributed by atoms with Gasteiger partial charge in [-0.2, -0.15) is 0 Å². The molecular formula is C20H31N3O3. The summed E-state index contributed by atoms with van der Waals surface area (Å²) < 4.78 is 5.70. The third-order valence-electron chi connectivity index (χ3n) is 4.51. The molecule has 1 N–H and O–H groups in total. The van der Waals surface area contributed by atoms with Crippen molar-refractivity contribution in [1.29, 1.82) is 0 Å². The molecule has 1 aliphatic heterocycles. The van der Waals surface area contributed by atoms with Gasteiger partial charge in [0, 0.05) is 19.6 Å². The number of hydrogen-bond donors (Lipinski definition) is 1. The molecule has 0 aliphatic carbocycles. The number of para-hydroxylation sites is 1. The van der Waals surface area contributed by atoms with Gasteiger partial charge in [0.25, 0.3) is 11.8 Å². The molecule has 0 aromatic heterocycles. The number of amides is 2. The van der Waals surface area contributed by atoms with E-state index in [0.717, 1.165) is 38.9 Å². The zero-order chi connectivity index (χ0) is 18.8. The monoisotopic (exact) mass is 361 g/mol. The molecule has 1 aromatic rings. The molecule has 1 aliphatic rings. The number of hydrogen-bond acceptors (Lipinski definition) is 4. The minimum atomic E-state index is -0.165. The fraction of sp³-hybridized carbons (Fsp3) is 0.600. The van der Waals surface area contributed by atoms with Crippen LogP contribution >= 0.6 is 0 Å². The van der Waals surface area contributed by atoms with E-state index in [1.165, 1.54) is 12.8 Å². The first-order chi connectivity index (χ1) is 12.6. The van der Waals surface area contributed by atoms with Crippen LogP contribution in [-0.2, 0) is 4.79 Å². The van der Waals surface area contributed by atoms with Gasteiger partial charge in [-0.1, -0.05) is 25.0 Å². The van der Waals surface area contributed by atoms with Crippen molar-refractivity contribution in [3.63, 3.8) is 0 Å². The molecule has 2 amide bonds. The van der Waals surface area contributed by atoms with Crippen LogP contribution in [0.2, 0.25) is 0 Å². The van der Waals surface area contributed by atoms with E-state index in [9.17, 15) is 9.59 Å². The van der Waals surface area contributed by atoms with Gasteiger partial charge in [0.15, 0.2) is 6.61 Å². The van der Waals surface area contributed by atoms with E-state index in [2.05, 4.69) is 10.2 Å². The lowest BCUT2D eigenvalue weighted by molar-refractivity contribution is -0.133. The maximum absolute atomic E-state index is 12.4. The predicted octanol–water partition coefficient (Wildman–Crippen LogP) is 2.15. The van der Waals surface area contributed by atoms with Gasteiger partial charge < -0.3 is 19.9 Å². The molecule has 144 valence electrons. The summed E-state index contributed by atoms with van der Waals surface area (Å²) in [6, 6.07) is 7.09. The van der Waals surface area contributed by atoms with Crippen molar-refractivity contribution in [2.24, 2.45) is 0 Å². The SMILES string of the molecule is CN(C)CCCNC(=O)c1ccccc1OCC(=O)N1CCCCCC1. The highest BCUT2D eigenvalue weighted by molar-refractivity contribution is 5.97. The number of rotatable bonds is 8. The van der Waals surface area contributed by atoms with E-state index >= 15 is 0 Å². The van der Waals surface area contributed by atoms with E-state index in [1.807, 2.05) is 25.1 Å². The smallest absolute Gasteiger partial charge is 0.260 e. The van der Waals surface area contributed by atoms with Crippen LogP contribution < -0.4 is 10.1 Å². The van der Waals surface area contributed by atoms with Gasteiger partial charge in [0.2, 0.25) is 0 Å². The van der Waals surface area contributed by atoms with Crippen LogP contribution in [0.3, 0.4) is 0 Å². The summed E-state index contributed by atoms with van der Waals surface area (Å²) in [4.78, 5) is 28.7. The maximum atomic E-state index is 12.4. The van der Waals surface area contributed by atoms with Crippen LogP contribution in [0.4, 0.5) is 0 Å². The molecule has 2 rings (SSSR count). The number of ether oxygens (including phenoxy) is 1.